The van der Waals surface area contributed by atoms with E-state index >= 15 is 0 Å². The Bertz CT molecular complexity index is 354. The number of alkyl halides is 1. The molecule has 1 nitrogen and oxygen atoms in total. The quantitative estimate of drug-likeness (QED) is 0.697. The number of hydrogen-bond donors (Lipinski definition) is 0. The van der Waals surface area contributed by atoms with Gasteiger partial charge in [-0.15, -0.1) is 0 Å². The van der Waals surface area contributed by atoms with E-state index in [1.54, 1.807) is 12.1 Å². The van der Waals surface area contributed by atoms with Gasteiger partial charge in [-0.25, -0.2) is 0 Å². The van der Waals surface area contributed by atoms with Crippen molar-refractivity contribution in [1.82, 2.24) is 0 Å². The maximum atomic E-state index is 5.99. The van der Waals surface area contributed by atoms with E-state index in [2.05, 4.69) is 15.9 Å². The highest BCUT2D eigenvalue weighted by molar-refractivity contribution is 9.09. The Morgan fingerprint density at radius 2 is 1.67 bits per heavy atom. The molecule has 1 aromatic carbocycles. The summed E-state index contributed by atoms with van der Waals surface area (Å²) in [6, 6.07) is 3.27. The van der Waals surface area contributed by atoms with Crippen molar-refractivity contribution in [3.05, 3.63) is 27.2 Å². The van der Waals surface area contributed by atoms with Crippen LogP contribution in [0.5, 0.6) is 5.75 Å². The van der Waals surface area contributed by atoms with Gasteiger partial charge in [0.25, 0.3) is 0 Å². The lowest BCUT2D eigenvalue weighted by atomic mass is 9.96. The first-order valence-corrected chi connectivity index (χ1v) is 6.56. The zero-order chi connectivity index (χ0) is 11.0. The third-order valence-electron chi connectivity index (χ3n) is 2.28. The summed E-state index contributed by atoms with van der Waals surface area (Å²) < 4.78 is 5.68. The van der Waals surface area contributed by atoms with Gasteiger partial charge in [0.15, 0.2) is 5.75 Å². The second-order valence-electron chi connectivity index (χ2n) is 3.51. The molecule has 0 saturated heterocycles. The Kier molecular flexibility index (Phi) is 3.71. The molecule has 1 aliphatic carbocycles. The average molecular weight is 330 g/mol. The lowest BCUT2D eigenvalue weighted by Gasteiger charge is -2.32. The molecule has 2 rings (SSSR count). The van der Waals surface area contributed by atoms with Crippen LogP contribution in [0.2, 0.25) is 15.1 Å². The summed E-state index contributed by atoms with van der Waals surface area (Å²) in [5.74, 6) is 0.534. The molecule has 0 heterocycles. The van der Waals surface area contributed by atoms with E-state index in [9.17, 15) is 0 Å². The maximum absolute atomic E-state index is 5.99. The highest BCUT2D eigenvalue weighted by atomic mass is 79.9. The van der Waals surface area contributed by atoms with Gasteiger partial charge in [0.1, 0.15) is 6.10 Å². The maximum Gasteiger partial charge on any atom is 0.156 e. The van der Waals surface area contributed by atoms with Gasteiger partial charge in [0.05, 0.1) is 10.0 Å². The number of rotatable bonds is 2. The van der Waals surface area contributed by atoms with Gasteiger partial charge in [-0.05, 0) is 25.0 Å². The summed E-state index contributed by atoms with van der Waals surface area (Å²) in [7, 11) is 0. The van der Waals surface area contributed by atoms with Crippen molar-refractivity contribution in [2.24, 2.45) is 0 Å². The van der Waals surface area contributed by atoms with E-state index in [1.807, 2.05) is 0 Å². The largest absolute Gasteiger partial charge is 0.487 e. The number of benzene rings is 1. The molecule has 0 unspecified atom stereocenters. The Morgan fingerprint density at radius 3 is 2.13 bits per heavy atom. The molecule has 0 bridgehead atoms. The molecular weight excluding hydrogens is 322 g/mol. The minimum atomic E-state index is 0.200. The van der Waals surface area contributed by atoms with E-state index in [1.165, 1.54) is 0 Å². The third kappa shape index (κ3) is 2.73. The van der Waals surface area contributed by atoms with Gasteiger partial charge >= 0.3 is 0 Å². The average Bonchev–Trinajstić information content (AvgIpc) is 2.07. The first-order chi connectivity index (χ1) is 7.06. The van der Waals surface area contributed by atoms with Gasteiger partial charge in [0, 0.05) is 9.85 Å². The van der Waals surface area contributed by atoms with Crippen LogP contribution in [0.25, 0.3) is 0 Å². The van der Waals surface area contributed by atoms with E-state index < -0.39 is 0 Å². The molecule has 82 valence electrons. The van der Waals surface area contributed by atoms with E-state index in [-0.39, 0.29) is 6.10 Å². The molecule has 1 fully saturated rings. The van der Waals surface area contributed by atoms with Crippen molar-refractivity contribution in [2.45, 2.75) is 23.8 Å². The van der Waals surface area contributed by atoms with E-state index in [4.69, 9.17) is 39.5 Å². The van der Waals surface area contributed by atoms with E-state index in [0.717, 1.165) is 12.8 Å². The number of halogens is 4. The molecule has 0 aliphatic heterocycles. The minimum Gasteiger partial charge on any atom is -0.487 e. The van der Waals surface area contributed by atoms with Gasteiger partial charge in [-0.1, -0.05) is 50.7 Å². The smallest absolute Gasteiger partial charge is 0.156 e. The zero-order valence-corrected chi connectivity index (χ0v) is 11.5. The second-order valence-corrected chi connectivity index (χ2v) is 6.05. The van der Waals surface area contributed by atoms with E-state index in [0.29, 0.717) is 25.6 Å². The lowest BCUT2D eigenvalue weighted by molar-refractivity contribution is 0.128. The van der Waals surface area contributed by atoms with Crippen molar-refractivity contribution in [1.29, 1.82) is 0 Å². The SMILES string of the molecule is Clc1cc(Cl)c(OC2CC(Br)C2)c(Cl)c1. The van der Waals surface area contributed by atoms with Crippen molar-refractivity contribution < 1.29 is 4.74 Å². The van der Waals surface area contributed by atoms with Crippen LogP contribution >= 0.6 is 50.7 Å². The standard InChI is InChI=1S/C10H8BrCl3O/c11-5-1-7(2-5)15-10-8(13)3-6(12)4-9(10)14/h3-5,7H,1-2H2. The normalized spacial score (nSPS) is 24.8. The molecule has 1 saturated carbocycles. The lowest BCUT2D eigenvalue weighted by Crippen LogP contribution is -2.34. The molecule has 1 aromatic rings. The van der Waals surface area contributed by atoms with Crippen LogP contribution < -0.4 is 4.74 Å². The summed E-state index contributed by atoms with van der Waals surface area (Å²) in [5.41, 5.74) is 0. The molecular formula is C10H8BrCl3O. The van der Waals surface area contributed by atoms with Crippen LogP contribution in [-0.4, -0.2) is 10.9 Å². The summed E-state index contributed by atoms with van der Waals surface area (Å²) in [5, 5.41) is 1.44. The second kappa shape index (κ2) is 4.70. The van der Waals surface area contributed by atoms with Crippen LogP contribution in [0.3, 0.4) is 0 Å². The fraction of sp³-hybridized carbons (Fsp3) is 0.400. The molecule has 0 aromatic heterocycles. The van der Waals surface area contributed by atoms with Gasteiger partial charge in [0.2, 0.25) is 0 Å². The molecule has 0 radical (unpaired) electrons. The van der Waals surface area contributed by atoms with Crippen molar-refractivity contribution in [2.75, 3.05) is 0 Å². The Labute approximate surface area is 112 Å². The minimum absolute atomic E-state index is 0.200. The first-order valence-electron chi connectivity index (χ1n) is 4.51. The van der Waals surface area contributed by atoms with Crippen molar-refractivity contribution in [3.8, 4) is 5.75 Å². The highest BCUT2D eigenvalue weighted by Crippen LogP contribution is 2.39. The molecule has 5 heteroatoms. The van der Waals surface area contributed by atoms with Gasteiger partial charge in [-0.2, -0.15) is 0 Å². The number of ether oxygens (including phenoxy) is 1. The fourth-order valence-electron chi connectivity index (χ4n) is 1.41. The van der Waals surface area contributed by atoms with Crippen molar-refractivity contribution in [3.63, 3.8) is 0 Å². The van der Waals surface area contributed by atoms with Gasteiger partial charge < -0.3 is 4.74 Å². The van der Waals surface area contributed by atoms with Crippen LogP contribution in [0, 0.1) is 0 Å². The zero-order valence-electron chi connectivity index (χ0n) is 7.64. The molecule has 0 amide bonds. The predicted molar refractivity (Wildman–Crippen MR) is 67.8 cm³/mol. The number of hydrogen-bond acceptors (Lipinski definition) is 1. The molecule has 0 spiro atoms. The topological polar surface area (TPSA) is 9.23 Å². The van der Waals surface area contributed by atoms with Gasteiger partial charge in [-0.3, -0.25) is 0 Å². The predicted octanol–water partition coefficient (Wildman–Crippen LogP) is 4.95. The molecule has 1 aliphatic rings. The summed E-state index contributed by atoms with van der Waals surface area (Å²) >= 11 is 21.3. The van der Waals surface area contributed by atoms with Crippen molar-refractivity contribution >= 4 is 50.7 Å². The van der Waals surface area contributed by atoms with Crippen LogP contribution in [-0.2, 0) is 0 Å². The summed E-state index contributed by atoms with van der Waals surface area (Å²) in [4.78, 5) is 0.548. The fourth-order valence-corrected chi connectivity index (χ4v) is 3.15. The molecule has 0 atom stereocenters. The summed E-state index contributed by atoms with van der Waals surface area (Å²) in [6.45, 7) is 0. The third-order valence-corrected chi connectivity index (χ3v) is 3.81. The Balaban J connectivity index is 2.14. The molecule has 0 N–H and O–H groups in total. The Hall–Kier alpha value is 0.370. The summed E-state index contributed by atoms with van der Waals surface area (Å²) in [6.07, 6.45) is 2.16. The highest BCUT2D eigenvalue weighted by Gasteiger charge is 2.29. The Morgan fingerprint density at radius 1 is 1.13 bits per heavy atom. The van der Waals surface area contributed by atoms with Crippen LogP contribution in [0.15, 0.2) is 12.1 Å². The monoisotopic (exact) mass is 328 g/mol. The molecule has 15 heavy (non-hydrogen) atoms. The van der Waals surface area contributed by atoms with Crippen LogP contribution in [0.1, 0.15) is 12.8 Å². The first kappa shape index (κ1) is 11.8. The van der Waals surface area contributed by atoms with Crippen LogP contribution in [0.4, 0.5) is 0 Å².